The normalized spacial score (nSPS) is 10.8. The molecule has 90 valence electrons. The molecule has 0 unspecified atom stereocenters. The van der Waals surface area contributed by atoms with Crippen molar-refractivity contribution in [2.24, 2.45) is 0 Å². The van der Waals surface area contributed by atoms with Crippen LogP contribution in [-0.2, 0) is 11.3 Å². The topological polar surface area (TPSA) is 51.6 Å². The van der Waals surface area contributed by atoms with Crippen molar-refractivity contribution >= 4 is 11.6 Å². The van der Waals surface area contributed by atoms with Crippen LogP contribution in [-0.4, -0.2) is 29.4 Å². The summed E-state index contributed by atoms with van der Waals surface area (Å²) in [5.74, 6) is 0.445. The second-order valence-corrected chi connectivity index (χ2v) is 3.95. The summed E-state index contributed by atoms with van der Waals surface area (Å²) in [6, 6.07) is 1.62. The third kappa shape index (κ3) is 4.35. The Labute approximate surface area is 100 Å². The Kier molecular flexibility index (Phi) is 5.52. The zero-order chi connectivity index (χ0) is 12.0. The van der Waals surface area contributed by atoms with E-state index in [2.05, 4.69) is 4.98 Å². The van der Waals surface area contributed by atoms with Gasteiger partial charge in [-0.2, -0.15) is 0 Å². The molecule has 0 radical (unpaired) electrons. The minimum absolute atomic E-state index is 0.125. The highest BCUT2D eigenvalue weighted by Crippen LogP contribution is 2.18. The molecule has 1 aromatic heterocycles. The molecule has 1 N–H and O–H groups in total. The van der Waals surface area contributed by atoms with Gasteiger partial charge in [0.05, 0.1) is 24.3 Å². The molecule has 0 spiro atoms. The van der Waals surface area contributed by atoms with Crippen molar-refractivity contribution < 1.29 is 14.6 Å². The number of hydrogen-bond acceptors (Lipinski definition) is 4. The van der Waals surface area contributed by atoms with Crippen LogP contribution in [0.4, 0.5) is 0 Å². The highest BCUT2D eigenvalue weighted by molar-refractivity contribution is 6.31. The molecule has 0 aromatic carbocycles. The van der Waals surface area contributed by atoms with Crippen LogP contribution in [0.5, 0.6) is 5.88 Å². The summed E-state index contributed by atoms with van der Waals surface area (Å²) >= 11 is 5.80. The molecular formula is C11H16ClNO3. The van der Waals surface area contributed by atoms with Crippen LogP contribution < -0.4 is 4.74 Å². The first kappa shape index (κ1) is 13.2. The van der Waals surface area contributed by atoms with E-state index in [9.17, 15) is 0 Å². The van der Waals surface area contributed by atoms with Gasteiger partial charge in [0.15, 0.2) is 0 Å². The minimum atomic E-state index is -0.125. The Hall–Kier alpha value is -0.840. The van der Waals surface area contributed by atoms with Crippen molar-refractivity contribution in [3.05, 3.63) is 22.8 Å². The smallest absolute Gasteiger partial charge is 0.213 e. The van der Waals surface area contributed by atoms with Gasteiger partial charge in [-0.05, 0) is 13.8 Å². The number of rotatable bonds is 6. The number of aliphatic hydroxyl groups excluding tert-OH is 1. The number of ether oxygens (including phenoxy) is 2. The van der Waals surface area contributed by atoms with E-state index in [0.29, 0.717) is 29.7 Å². The lowest BCUT2D eigenvalue weighted by Gasteiger charge is -2.09. The Morgan fingerprint density at radius 1 is 1.44 bits per heavy atom. The molecule has 0 aliphatic rings. The van der Waals surface area contributed by atoms with Gasteiger partial charge in [0.2, 0.25) is 5.88 Å². The molecule has 0 bridgehead atoms. The highest BCUT2D eigenvalue weighted by atomic mass is 35.5. The van der Waals surface area contributed by atoms with Crippen molar-refractivity contribution in [1.29, 1.82) is 0 Å². The molecule has 0 aliphatic carbocycles. The largest absolute Gasteiger partial charge is 0.475 e. The lowest BCUT2D eigenvalue weighted by Crippen LogP contribution is -2.11. The third-order valence-corrected chi connectivity index (χ3v) is 2.20. The van der Waals surface area contributed by atoms with Crippen molar-refractivity contribution in [3.63, 3.8) is 0 Å². The van der Waals surface area contributed by atoms with E-state index in [0.717, 1.165) is 0 Å². The molecule has 0 fully saturated rings. The molecule has 1 heterocycles. The predicted molar refractivity (Wildman–Crippen MR) is 61.8 cm³/mol. The number of halogens is 1. The van der Waals surface area contributed by atoms with Gasteiger partial charge in [-0.15, -0.1) is 0 Å². The molecule has 0 saturated carbocycles. The molecule has 1 rings (SSSR count). The first-order valence-corrected chi connectivity index (χ1v) is 5.51. The summed E-state index contributed by atoms with van der Waals surface area (Å²) in [5.41, 5.74) is 0.608. The quantitative estimate of drug-likeness (QED) is 0.780. The maximum Gasteiger partial charge on any atom is 0.213 e. The van der Waals surface area contributed by atoms with Crippen LogP contribution in [0.25, 0.3) is 0 Å². The average molecular weight is 246 g/mol. The Balaban J connectivity index is 2.42. The molecule has 0 aliphatic heterocycles. The molecule has 1 aromatic rings. The third-order valence-electron chi connectivity index (χ3n) is 1.86. The van der Waals surface area contributed by atoms with E-state index in [1.807, 2.05) is 13.8 Å². The Morgan fingerprint density at radius 3 is 2.81 bits per heavy atom. The molecule has 0 saturated heterocycles. The fraction of sp³-hybridized carbons (Fsp3) is 0.545. The van der Waals surface area contributed by atoms with Gasteiger partial charge in [-0.25, -0.2) is 4.98 Å². The van der Waals surface area contributed by atoms with Crippen molar-refractivity contribution in [1.82, 2.24) is 4.98 Å². The van der Waals surface area contributed by atoms with Gasteiger partial charge in [0, 0.05) is 17.8 Å². The highest BCUT2D eigenvalue weighted by Gasteiger charge is 2.03. The Bertz CT molecular complexity index is 331. The zero-order valence-corrected chi connectivity index (χ0v) is 10.2. The van der Waals surface area contributed by atoms with Crippen LogP contribution in [0.3, 0.4) is 0 Å². The average Bonchev–Trinajstić information content (AvgIpc) is 2.26. The van der Waals surface area contributed by atoms with Crippen molar-refractivity contribution in [2.75, 3.05) is 13.2 Å². The minimum Gasteiger partial charge on any atom is -0.475 e. The molecule has 0 atom stereocenters. The molecule has 0 amide bonds. The number of aliphatic hydroxyl groups is 1. The van der Waals surface area contributed by atoms with Crippen LogP contribution in [0.1, 0.15) is 19.4 Å². The van der Waals surface area contributed by atoms with Crippen LogP contribution in [0.2, 0.25) is 5.02 Å². The maximum absolute atomic E-state index is 8.99. The second-order valence-electron chi connectivity index (χ2n) is 3.54. The van der Waals surface area contributed by atoms with Crippen LogP contribution in [0.15, 0.2) is 12.3 Å². The summed E-state index contributed by atoms with van der Waals surface area (Å²) < 4.78 is 10.7. The summed E-state index contributed by atoms with van der Waals surface area (Å²) in [6.07, 6.45) is 1.65. The molecule has 4 nitrogen and oxygen atoms in total. The first-order chi connectivity index (χ1) is 7.63. The SMILES string of the molecule is CC(C)OCCOc1cc(CO)c(Cl)cn1. The van der Waals surface area contributed by atoms with Gasteiger partial charge in [-0.1, -0.05) is 11.6 Å². The predicted octanol–water partition coefficient (Wildman–Crippen LogP) is 2.03. The zero-order valence-electron chi connectivity index (χ0n) is 9.44. The van der Waals surface area contributed by atoms with E-state index >= 15 is 0 Å². The first-order valence-electron chi connectivity index (χ1n) is 5.13. The molecular weight excluding hydrogens is 230 g/mol. The fourth-order valence-electron chi connectivity index (χ4n) is 1.09. The maximum atomic E-state index is 8.99. The lowest BCUT2D eigenvalue weighted by atomic mass is 10.3. The summed E-state index contributed by atoms with van der Waals surface area (Å²) in [5, 5.41) is 9.43. The standard InChI is InChI=1S/C11H16ClNO3/c1-8(2)15-3-4-16-11-5-9(7-14)10(12)6-13-11/h5-6,8,14H,3-4,7H2,1-2H3. The summed E-state index contributed by atoms with van der Waals surface area (Å²) in [7, 11) is 0. The van der Waals surface area contributed by atoms with E-state index in [-0.39, 0.29) is 12.7 Å². The van der Waals surface area contributed by atoms with Gasteiger partial charge in [0.25, 0.3) is 0 Å². The Morgan fingerprint density at radius 2 is 2.19 bits per heavy atom. The van der Waals surface area contributed by atoms with Crippen LogP contribution in [0, 0.1) is 0 Å². The van der Waals surface area contributed by atoms with Gasteiger partial charge in [0.1, 0.15) is 6.61 Å². The summed E-state index contributed by atoms with van der Waals surface area (Å²) in [6.45, 7) is 4.74. The van der Waals surface area contributed by atoms with Gasteiger partial charge in [-0.3, -0.25) is 0 Å². The summed E-state index contributed by atoms with van der Waals surface area (Å²) in [4.78, 5) is 3.98. The number of pyridine rings is 1. The number of nitrogens with zero attached hydrogens (tertiary/aromatic N) is 1. The van der Waals surface area contributed by atoms with Gasteiger partial charge < -0.3 is 14.6 Å². The van der Waals surface area contributed by atoms with Crippen molar-refractivity contribution in [3.8, 4) is 5.88 Å². The second kappa shape index (κ2) is 6.68. The lowest BCUT2D eigenvalue weighted by molar-refractivity contribution is 0.0542. The van der Waals surface area contributed by atoms with E-state index < -0.39 is 0 Å². The number of hydrogen-bond donors (Lipinski definition) is 1. The monoisotopic (exact) mass is 245 g/mol. The molecule has 5 heteroatoms. The van der Waals surface area contributed by atoms with Crippen LogP contribution >= 0.6 is 11.6 Å². The van der Waals surface area contributed by atoms with Crippen molar-refractivity contribution in [2.45, 2.75) is 26.6 Å². The van der Waals surface area contributed by atoms with E-state index in [4.69, 9.17) is 26.2 Å². The fourth-order valence-corrected chi connectivity index (χ4v) is 1.25. The van der Waals surface area contributed by atoms with E-state index in [1.165, 1.54) is 6.20 Å². The molecule has 16 heavy (non-hydrogen) atoms. The number of aromatic nitrogens is 1. The van der Waals surface area contributed by atoms with Gasteiger partial charge >= 0.3 is 0 Å². The van der Waals surface area contributed by atoms with E-state index in [1.54, 1.807) is 6.07 Å².